The molecule has 0 radical (unpaired) electrons. The lowest BCUT2D eigenvalue weighted by Crippen LogP contribution is -2.45. The Morgan fingerprint density at radius 3 is 2.56 bits per heavy atom. The van der Waals surface area contributed by atoms with E-state index in [4.69, 9.17) is 0 Å². The molecule has 6 heteroatoms. The van der Waals surface area contributed by atoms with Crippen molar-refractivity contribution in [3.05, 3.63) is 36.3 Å². The van der Waals surface area contributed by atoms with Gasteiger partial charge in [-0.05, 0) is 37.8 Å². The Labute approximate surface area is 147 Å². The highest BCUT2D eigenvalue weighted by molar-refractivity contribution is 5.93. The summed E-state index contributed by atoms with van der Waals surface area (Å²) in [5, 5.41) is 3.18. The second-order valence-electron chi connectivity index (χ2n) is 7.15. The molecule has 132 valence electrons. The van der Waals surface area contributed by atoms with E-state index in [0.29, 0.717) is 24.8 Å². The van der Waals surface area contributed by atoms with Gasteiger partial charge < -0.3 is 14.6 Å². The van der Waals surface area contributed by atoms with E-state index in [2.05, 4.69) is 10.3 Å². The maximum atomic E-state index is 12.7. The molecule has 1 aliphatic carbocycles. The molecule has 2 aliphatic rings. The average Bonchev–Trinajstić information content (AvgIpc) is 3.30. The normalized spacial score (nSPS) is 19.4. The van der Waals surface area contributed by atoms with Gasteiger partial charge in [-0.1, -0.05) is 18.9 Å². The third-order valence-electron chi connectivity index (χ3n) is 5.44. The number of nitrogens with zero attached hydrogens (tertiary/aromatic N) is 3. The van der Waals surface area contributed by atoms with Gasteiger partial charge in [-0.2, -0.15) is 0 Å². The van der Waals surface area contributed by atoms with Gasteiger partial charge >= 0.3 is 0 Å². The van der Waals surface area contributed by atoms with Crippen LogP contribution in [0.15, 0.2) is 30.6 Å². The molecule has 2 fully saturated rings. The second kappa shape index (κ2) is 6.86. The van der Waals surface area contributed by atoms with Crippen molar-refractivity contribution < 1.29 is 9.59 Å². The number of nitrogens with one attached hydrogen (secondary N) is 1. The van der Waals surface area contributed by atoms with Gasteiger partial charge in [0.05, 0.1) is 0 Å². The SMILES string of the molecule is O=C(NC1CCCC1)C1CCN(C(=O)c2cn3ccccc3n2)CC1. The minimum absolute atomic E-state index is 0.0331. The van der Waals surface area contributed by atoms with Crippen LogP contribution in [0.4, 0.5) is 0 Å². The van der Waals surface area contributed by atoms with Gasteiger partial charge in [0.1, 0.15) is 11.3 Å². The summed E-state index contributed by atoms with van der Waals surface area (Å²) in [6.45, 7) is 1.24. The van der Waals surface area contributed by atoms with E-state index in [0.717, 1.165) is 31.3 Å². The molecule has 2 amide bonds. The maximum Gasteiger partial charge on any atom is 0.274 e. The summed E-state index contributed by atoms with van der Waals surface area (Å²) in [6, 6.07) is 6.07. The fourth-order valence-corrected chi connectivity index (χ4v) is 3.93. The minimum atomic E-state index is -0.0432. The van der Waals surface area contributed by atoms with Gasteiger partial charge in [-0.25, -0.2) is 4.98 Å². The van der Waals surface area contributed by atoms with Crippen LogP contribution >= 0.6 is 0 Å². The molecule has 0 atom stereocenters. The fraction of sp³-hybridized carbons (Fsp3) is 0.526. The molecule has 4 rings (SSSR count). The number of carbonyl (C=O) groups excluding carboxylic acids is 2. The number of hydrogen-bond acceptors (Lipinski definition) is 3. The number of amides is 2. The van der Waals surface area contributed by atoms with E-state index in [9.17, 15) is 9.59 Å². The van der Waals surface area contributed by atoms with Crippen molar-refractivity contribution in [1.29, 1.82) is 0 Å². The van der Waals surface area contributed by atoms with Gasteiger partial charge in [0.25, 0.3) is 5.91 Å². The summed E-state index contributed by atoms with van der Waals surface area (Å²) in [4.78, 5) is 31.3. The predicted molar refractivity (Wildman–Crippen MR) is 94.2 cm³/mol. The van der Waals surface area contributed by atoms with E-state index in [1.54, 1.807) is 6.20 Å². The van der Waals surface area contributed by atoms with Crippen LogP contribution < -0.4 is 5.32 Å². The van der Waals surface area contributed by atoms with Gasteiger partial charge in [0, 0.05) is 37.4 Å². The molecular weight excluding hydrogens is 316 g/mol. The fourth-order valence-electron chi connectivity index (χ4n) is 3.93. The van der Waals surface area contributed by atoms with E-state index in [-0.39, 0.29) is 17.7 Å². The highest BCUT2D eigenvalue weighted by Gasteiger charge is 2.30. The summed E-state index contributed by atoms with van der Waals surface area (Å²) in [5.74, 6) is 0.163. The van der Waals surface area contributed by atoms with Crippen molar-refractivity contribution in [2.45, 2.75) is 44.6 Å². The Balaban J connectivity index is 1.34. The molecule has 25 heavy (non-hydrogen) atoms. The minimum Gasteiger partial charge on any atom is -0.353 e. The first-order valence-corrected chi connectivity index (χ1v) is 9.24. The van der Waals surface area contributed by atoms with Crippen LogP contribution in [0.3, 0.4) is 0 Å². The molecule has 1 saturated heterocycles. The van der Waals surface area contributed by atoms with E-state index < -0.39 is 0 Å². The zero-order valence-corrected chi connectivity index (χ0v) is 14.4. The highest BCUT2D eigenvalue weighted by Crippen LogP contribution is 2.22. The monoisotopic (exact) mass is 340 g/mol. The molecule has 1 N–H and O–H groups in total. The molecule has 0 aromatic carbocycles. The number of imidazole rings is 1. The van der Waals surface area contributed by atoms with Crippen LogP contribution in [0.5, 0.6) is 0 Å². The lowest BCUT2D eigenvalue weighted by molar-refractivity contribution is -0.127. The van der Waals surface area contributed by atoms with Gasteiger partial charge in [-0.3, -0.25) is 9.59 Å². The third kappa shape index (κ3) is 3.38. The Morgan fingerprint density at radius 2 is 1.84 bits per heavy atom. The quantitative estimate of drug-likeness (QED) is 0.932. The molecule has 1 saturated carbocycles. The number of hydrogen-bond donors (Lipinski definition) is 1. The van der Waals surface area contributed by atoms with Crippen molar-refractivity contribution in [2.24, 2.45) is 5.92 Å². The second-order valence-corrected chi connectivity index (χ2v) is 7.15. The lowest BCUT2D eigenvalue weighted by atomic mass is 9.95. The summed E-state index contributed by atoms with van der Waals surface area (Å²) in [7, 11) is 0. The standard InChI is InChI=1S/C19H24N4O2/c24-18(20-15-5-1-2-6-15)14-8-11-22(12-9-14)19(25)16-13-23-10-4-3-7-17(23)21-16/h3-4,7,10,13-15H,1-2,5-6,8-9,11-12H2,(H,20,24). The molecule has 6 nitrogen and oxygen atoms in total. The zero-order chi connectivity index (χ0) is 17.2. The average molecular weight is 340 g/mol. The van der Waals surface area contributed by atoms with Crippen LogP contribution in [0.1, 0.15) is 49.0 Å². The summed E-state index contributed by atoms with van der Waals surface area (Å²) in [6.07, 6.45) is 9.78. The van der Waals surface area contributed by atoms with Gasteiger partial charge in [-0.15, -0.1) is 0 Å². The van der Waals surface area contributed by atoms with Gasteiger partial charge in [0.2, 0.25) is 5.91 Å². The first-order chi connectivity index (χ1) is 12.2. The smallest absolute Gasteiger partial charge is 0.274 e. The molecule has 0 bridgehead atoms. The Hall–Kier alpha value is -2.37. The lowest BCUT2D eigenvalue weighted by Gasteiger charge is -2.31. The van der Waals surface area contributed by atoms with E-state index in [1.165, 1.54) is 12.8 Å². The topological polar surface area (TPSA) is 66.7 Å². The number of aromatic nitrogens is 2. The third-order valence-corrected chi connectivity index (χ3v) is 5.44. The molecule has 2 aromatic rings. The summed E-state index contributed by atoms with van der Waals surface area (Å²) >= 11 is 0. The van der Waals surface area contributed by atoms with Crippen LogP contribution in [-0.2, 0) is 4.79 Å². The number of piperidine rings is 1. The molecular formula is C19H24N4O2. The Morgan fingerprint density at radius 1 is 1.08 bits per heavy atom. The van der Waals surface area contributed by atoms with Crippen LogP contribution in [0.25, 0.3) is 5.65 Å². The molecule has 3 heterocycles. The zero-order valence-electron chi connectivity index (χ0n) is 14.4. The Kier molecular flexibility index (Phi) is 4.42. The van der Waals surface area contributed by atoms with E-state index >= 15 is 0 Å². The number of likely N-dealkylation sites (tertiary alicyclic amines) is 1. The largest absolute Gasteiger partial charge is 0.353 e. The van der Waals surface area contributed by atoms with E-state index in [1.807, 2.05) is 33.7 Å². The number of fused-ring (bicyclic) bond motifs is 1. The first-order valence-electron chi connectivity index (χ1n) is 9.24. The number of carbonyl (C=O) groups is 2. The van der Waals surface area contributed by atoms with Crippen molar-refractivity contribution >= 4 is 17.5 Å². The van der Waals surface area contributed by atoms with Gasteiger partial charge in [0.15, 0.2) is 0 Å². The number of rotatable bonds is 3. The molecule has 0 unspecified atom stereocenters. The van der Waals surface area contributed by atoms with Crippen molar-refractivity contribution in [1.82, 2.24) is 19.6 Å². The van der Waals surface area contributed by atoms with Crippen molar-refractivity contribution in [3.8, 4) is 0 Å². The molecule has 2 aromatic heterocycles. The molecule has 1 aliphatic heterocycles. The van der Waals surface area contributed by atoms with Crippen LogP contribution in [-0.4, -0.2) is 45.2 Å². The summed E-state index contributed by atoms with van der Waals surface area (Å²) in [5.41, 5.74) is 1.25. The van der Waals surface area contributed by atoms with Crippen molar-refractivity contribution in [2.75, 3.05) is 13.1 Å². The van der Waals surface area contributed by atoms with Crippen molar-refractivity contribution in [3.63, 3.8) is 0 Å². The first kappa shape index (κ1) is 16.1. The highest BCUT2D eigenvalue weighted by atomic mass is 16.2. The van der Waals surface area contributed by atoms with Crippen LogP contribution in [0, 0.1) is 5.92 Å². The van der Waals surface area contributed by atoms with Crippen LogP contribution in [0.2, 0.25) is 0 Å². The predicted octanol–water partition coefficient (Wildman–Crippen LogP) is 2.25. The maximum absolute atomic E-state index is 12.7. The molecule has 0 spiro atoms. The number of pyridine rings is 1. The Bertz CT molecular complexity index is 738. The summed E-state index contributed by atoms with van der Waals surface area (Å²) < 4.78 is 1.86.